The van der Waals surface area contributed by atoms with E-state index in [0.717, 1.165) is 31.4 Å². The highest BCUT2D eigenvalue weighted by Crippen LogP contribution is 2.26. The average Bonchev–Trinajstić information content (AvgIpc) is 2.66. The zero-order valence-electron chi connectivity index (χ0n) is 11.9. The first-order chi connectivity index (χ1) is 9.15. The van der Waals surface area contributed by atoms with E-state index in [-0.39, 0.29) is 11.7 Å². The quantitative estimate of drug-likeness (QED) is 0.885. The van der Waals surface area contributed by atoms with Gasteiger partial charge in [0.2, 0.25) is 0 Å². The summed E-state index contributed by atoms with van der Waals surface area (Å²) in [5.41, 5.74) is 1.20. The molecular formula is C16H23NO2. The number of hydrogen-bond donors (Lipinski definition) is 1. The largest absolute Gasteiger partial charge is 0.507 e. The molecule has 1 atom stereocenters. The number of para-hydroxylation sites is 1. The molecule has 1 fully saturated rings. The molecule has 1 amide bonds. The van der Waals surface area contributed by atoms with E-state index < -0.39 is 0 Å². The number of benzene rings is 1. The predicted octanol–water partition coefficient (Wildman–Crippen LogP) is 3.50. The summed E-state index contributed by atoms with van der Waals surface area (Å²) in [4.78, 5) is 14.6. The number of rotatable bonds is 2. The molecule has 104 valence electrons. The fraction of sp³-hybridized carbons (Fsp3) is 0.562. The van der Waals surface area contributed by atoms with Gasteiger partial charge < -0.3 is 10.0 Å². The number of likely N-dealkylation sites (tertiary alicyclic amines) is 1. The zero-order chi connectivity index (χ0) is 13.8. The van der Waals surface area contributed by atoms with E-state index in [4.69, 9.17) is 0 Å². The number of aryl methyl sites for hydroxylation is 1. The van der Waals surface area contributed by atoms with Gasteiger partial charge in [0, 0.05) is 12.6 Å². The van der Waals surface area contributed by atoms with E-state index in [2.05, 4.69) is 6.92 Å². The second kappa shape index (κ2) is 6.09. The van der Waals surface area contributed by atoms with Crippen LogP contribution >= 0.6 is 0 Å². The molecule has 1 saturated heterocycles. The standard InChI is InChI=1S/C16H23NO2/c1-3-13-9-5-4-6-11-17(13)16(19)14-10-7-8-12(2)15(14)18/h7-8,10,13,18H,3-6,9,11H2,1-2H3. The van der Waals surface area contributed by atoms with Crippen molar-refractivity contribution < 1.29 is 9.90 Å². The van der Waals surface area contributed by atoms with E-state index >= 15 is 0 Å². The molecule has 0 spiro atoms. The number of nitrogens with zero attached hydrogens (tertiary/aromatic N) is 1. The third kappa shape index (κ3) is 2.91. The molecule has 1 unspecified atom stereocenters. The Morgan fingerprint density at radius 3 is 2.89 bits per heavy atom. The van der Waals surface area contributed by atoms with Crippen molar-refractivity contribution in [2.45, 2.75) is 52.0 Å². The summed E-state index contributed by atoms with van der Waals surface area (Å²) < 4.78 is 0. The van der Waals surface area contributed by atoms with E-state index in [9.17, 15) is 9.90 Å². The van der Waals surface area contributed by atoms with Crippen molar-refractivity contribution in [3.8, 4) is 5.75 Å². The third-order valence-electron chi connectivity index (χ3n) is 4.08. The molecule has 1 aliphatic heterocycles. The fourth-order valence-corrected chi connectivity index (χ4v) is 2.86. The fourth-order valence-electron chi connectivity index (χ4n) is 2.86. The molecule has 0 saturated carbocycles. The van der Waals surface area contributed by atoms with Gasteiger partial charge in [0.05, 0.1) is 5.56 Å². The molecule has 3 nitrogen and oxygen atoms in total. The van der Waals surface area contributed by atoms with Gasteiger partial charge in [-0.3, -0.25) is 4.79 Å². The van der Waals surface area contributed by atoms with Gasteiger partial charge in [-0.05, 0) is 37.8 Å². The number of phenolic OH excluding ortho intramolecular Hbond substituents is 1. The normalized spacial score (nSPS) is 20.1. The second-order valence-corrected chi connectivity index (χ2v) is 5.38. The number of carbonyl (C=O) groups is 1. The molecule has 0 aliphatic carbocycles. The summed E-state index contributed by atoms with van der Waals surface area (Å²) in [6.07, 6.45) is 5.52. The van der Waals surface area contributed by atoms with Crippen molar-refractivity contribution in [2.75, 3.05) is 6.54 Å². The summed E-state index contributed by atoms with van der Waals surface area (Å²) in [6.45, 7) is 4.77. The van der Waals surface area contributed by atoms with E-state index in [1.165, 1.54) is 12.8 Å². The Labute approximate surface area is 115 Å². The van der Waals surface area contributed by atoms with Crippen molar-refractivity contribution in [1.82, 2.24) is 4.90 Å². The Balaban J connectivity index is 2.28. The van der Waals surface area contributed by atoms with Gasteiger partial charge in [0.15, 0.2) is 0 Å². The zero-order valence-corrected chi connectivity index (χ0v) is 11.9. The van der Waals surface area contributed by atoms with Crippen LogP contribution in [0.4, 0.5) is 0 Å². The number of phenols is 1. The van der Waals surface area contributed by atoms with Crippen LogP contribution in [0, 0.1) is 6.92 Å². The molecule has 0 aromatic heterocycles. The summed E-state index contributed by atoms with van der Waals surface area (Å²) in [5, 5.41) is 10.1. The number of carbonyl (C=O) groups excluding carboxylic acids is 1. The number of amides is 1. The SMILES string of the molecule is CCC1CCCCCN1C(=O)c1cccc(C)c1O. The Hall–Kier alpha value is -1.51. The van der Waals surface area contributed by atoms with Gasteiger partial charge >= 0.3 is 0 Å². The average molecular weight is 261 g/mol. The Morgan fingerprint density at radius 1 is 1.37 bits per heavy atom. The highest BCUT2D eigenvalue weighted by molar-refractivity contribution is 5.97. The number of hydrogen-bond acceptors (Lipinski definition) is 2. The van der Waals surface area contributed by atoms with Gasteiger partial charge in [-0.1, -0.05) is 31.9 Å². The highest BCUT2D eigenvalue weighted by atomic mass is 16.3. The van der Waals surface area contributed by atoms with Crippen molar-refractivity contribution in [2.24, 2.45) is 0 Å². The Bertz CT molecular complexity index is 456. The van der Waals surface area contributed by atoms with Crippen molar-refractivity contribution in [1.29, 1.82) is 0 Å². The van der Waals surface area contributed by atoms with E-state index in [0.29, 0.717) is 11.6 Å². The third-order valence-corrected chi connectivity index (χ3v) is 4.08. The Kier molecular flexibility index (Phi) is 4.46. The lowest BCUT2D eigenvalue weighted by molar-refractivity contribution is 0.0675. The van der Waals surface area contributed by atoms with Crippen molar-refractivity contribution in [3.63, 3.8) is 0 Å². The molecule has 3 heteroatoms. The van der Waals surface area contributed by atoms with Crippen LogP contribution in [0.5, 0.6) is 5.75 Å². The van der Waals surface area contributed by atoms with Crippen molar-refractivity contribution in [3.05, 3.63) is 29.3 Å². The van der Waals surface area contributed by atoms with Gasteiger partial charge in [0.25, 0.3) is 5.91 Å². The summed E-state index contributed by atoms with van der Waals surface area (Å²) in [7, 11) is 0. The van der Waals surface area contributed by atoms with Crippen LogP contribution in [-0.2, 0) is 0 Å². The van der Waals surface area contributed by atoms with Crippen LogP contribution in [0.1, 0.15) is 54.9 Å². The number of aromatic hydroxyl groups is 1. The highest BCUT2D eigenvalue weighted by Gasteiger charge is 2.26. The first-order valence-corrected chi connectivity index (χ1v) is 7.24. The molecule has 0 radical (unpaired) electrons. The molecule has 0 bridgehead atoms. The summed E-state index contributed by atoms with van der Waals surface area (Å²) in [5.74, 6) is 0.113. The lowest BCUT2D eigenvalue weighted by Crippen LogP contribution is -2.39. The minimum absolute atomic E-state index is 0.0186. The van der Waals surface area contributed by atoms with Crippen LogP contribution in [0.15, 0.2) is 18.2 Å². The summed E-state index contributed by atoms with van der Waals surface area (Å²) in [6, 6.07) is 5.70. The minimum atomic E-state index is -0.0186. The van der Waals surface area contributed by atoms with Crippen LogP contribution in [0.2, 0.25) is 0 Å². The first kappa shape index (κ1) is 13.9. The predicted molar refractivity (Wildman–Crippen MR) is 76.4 cm³/mol. The molecule has 1 aromatic rings. The maximum atomic E-state index is 12.7. The van der Waals surface area contributed by atoms with Gasteiger partial charge in [0.1, 0.15) is 5.75 Å². The smallest absolute Gasteiger partial charge is 0.257 e. The maximum Gasteiger partial charge on any atom is 0.257 e. The van der Waals surface area contributed by atoms with E-state index in [1.807, 2.05) is 24.0 Å². The molecule has 2 rings (SSSR count). The van der Waals surface area contributed by atoms with E-state index in [1.54, 1.807) is 6.07 Å². The van der Waals surface area contributed by atoms with Crippen LogP contribution in [-0.4, -0.2) is 28.5 Å². The minimum Gasteiger partial charge on any atom is -0.507 e. The lowest BCUT2D eigenvalue weighted by Gasteiger charge is -2.29. The first-order valence-electron chi connectivity index (χ1n) is 7.24. The summed E-state index contributed by atoms with van der Waals surface area (Å²) >= 11 is 0. The Morgan fingerprint density at radius 2 is 2.16 bits per heavy atom. The maximum absolute atomic E-state index is 12.7. The molecule has 1 N–H and O–H groups in total. The molecular weight excluding hydrogens is 238 g/mol. The lowest BCUT2D eigenvalue weighted by atomic mass is 10.0. The molecule has 1 aliphatic rings. The van der Waals surface area contributed by atoms with Gasteiger partial charge in [-0.25, -0.2) is 0 Å². The topological polar surface area (TPSA) is 40.5 Å². The molecule has 1 aromatic carbocycles. The van der Waals surface area contributed by atoms with Crippen LogP contribution in [0.3, 0.4) is 0 Å². The molecule has 19 heavy (non-hydrogen) atoms. The monoisotopic (exact) mass is 261 g/mol. The molecule has 1 heterocycles. The van der Waals surface area contributed by atoms with Gasteiger partial charge in [-0.15, -0.1) is 0 Å². The van der Waals surface area contributed by atoms with Crippen molar-refractivity contribution >= 4 is 5.91 Å². The van der Waals surface area contributed by atoms with Crippen LogP contribution in [0.25, 0.3) is 0 Å². The van der Waals surface area contributed by atoms with Gasteiger partial charge in [-0.2, -0.15) is 0 Å². The van der Waals surface area contributed by atoms with Crippen LogP contribution < -0.4 is 0 Å². The second-order valence-electron chi connectivity index (χ2n) is 5.38.